The molecule has 1 aliphatic rings. The molecule has 116 valence electrons. The zero-order chi connectivity index (χ0) is 15.7. The van der Waals surface area contributed by atoms with E-state index in [4.69, 9.17) is 4.74 Å². The number of aromatic nitrogens is 4. The average Bonchev–Trinajstić information content (AvgIpc) is 3.05. The third kappa shape index (κ3) is 2.64. The van der Waals surface area contributed by atoms with Crippen LogP contribution in [0.3, 0.4) is 0 Å². The SMILES string of the molecule is COCC(=O)Nc1cc(C)nn1-c1nc2c(c(=O)[nH]1)CCC2. The van der Waals surface area contributed by atoms with Crippen molar-refractivity contribution in [3.05, 3.63) is 33.4 Å². The normalized spacial score (nSPS) is 13.2. The molecule has 0 radical (unpaired) electrons. The minimum atomic E-state index is -0.299. The van der Waals surface area contributed by atoms with Gasteiger partial charge in [-0.05, 0) is 26.2 Å². The van der Waals surface area contributed by atoms with Crippen LogP contribution in [0.5, 0.6) is 0 Å². The fourth-order valence-electron chi connectivity index (χ4n) is 2.59. The van der Waals surface area contributed by atoms with Crippen molar-refractivity contribution in [3.8, 4) is 5.95 Å². The Kier molecular flexibility index (Phi) is 3.76. The molecule has 0 unspecified atom stereocenters. The van der Waals surface area contributed by atoms with Gasteiger partial charge in [0, 0.05) is 18.7 Å². The van der Waals surface area contributed by atoms with Gasteiger partial charge in [-0.15, -0.1) is 0 Å². The van der Waals surface area contributed by atoms with Crippen molar-refractivity contribution in [2.24, 2.45) is 0 Å². The first kappa shape index (κ1) is 14.5. The number of aromatic amines is 1. The van der Waals surface area contributed by atoms with Crippen LogP contribution in [-0.2, 0) is 22.4 Å². The summed E-state index contributed by atoms with van der Waals surface area (Å²) in [7, 11) is 1.45. The molecule has 8 heteroatoms. The van der Waals surface area contributed by atoms with Crippen molar-refractivity contribution in [1.82, 2.24) is 19.7 Å². The van der Waals surface area contributed by atoms with E-state index in [-0.39, 0.29) is 18.1 Å². The second kappa shape index (κ2) is 5.72. The number of carbonyl (C=O) groups is 1. The van der Waals surface area contributed by atoms with Crippen LogP contribution in [-0.4, -0.2) is 39.4 Å². The number of rotatable bonds is 4. The number of anilines is 1. The van der Waals surface area contributed by atoms with Gasteiger partial charge in [-0.2, -0.15) is 9.78 Å². The molecule has 0 spiro atoms. The first-order valence-corrected chi connectivity index (χ1v) is 7.06. The van der Waals surface area contributed by atoms with Gasteiger partial charge >= 0.3 is 0 Å². The molecule has 1 amide bonds. The maximum atomic E-state index is 12.1. The van der Waals surface area contributed by atoms with E-state index in [1.165, 1.54) is 11.8 Å². The Bertz CT molecular complexity index is 777. The van der Waals surface area contributed by atoms with Crippen molar-refractivity contribution < 1.29 is 9.53 Å². The largest absolute Gasteiger partial charge is 0.375 e. The topological polar surface area (TPSA) is 102 Å². The average molecular weight is 303 g/mol. The number of amides is 1. The molecule has 22 heavy (non-hydrogen) atoms. The number of ether oxygens (including phenoxy) is 1. The Hall–Kier alpha value is -2.48. The highest BCUT2D eigenvalue weighted by Gasteiger charge is 2.19. The van der Waals surface area contributed by atoms with Crippen LogP contribution in [0.4, 0.5) is 5.82 Å². The Morgan fingerprint density at radius 3 is 3.09 bits per heavy atom. The van der Waals surface area contributed by atoms with Crippen LogP contribution in [0, 0.1) is 6.92 Å². The van der Waals surface area contributed by atoms with E-state index < -0.39 is 0 Å². The van der Waals surface area contributed by atoms with Gasteiger partial charge in [-0.1, -0.05) is 0 Å². The lowest BCUT2D eigenvalue weighted by Crippen LogP contribution is -2.22. The van der Waals surface area contributed by atoms with Crippen LogP contribution in [0.1, 0.15) is 23.4 Å². The molecule has 0 aromatic carbocycles. The summed E-state index contributed by atoms with van der Waals surface area (Å²) in [5.74, 6) is 0.458. The van der Waals surface area contributed by atoms with E-state index >= 15 is 0 Å². The molecular formula is C14H17N5O3. The lowest BCUT2D eigenvalue weighted by Gasteiger charge is -2.08. The number of carbonyl (C=O) groups excluding carboxylic acids is 1. The number of H-pyrrole nitrogens is 1. The second-order valence-electron chi connectivity index (χ2n) is 5.23. The Morgan fingerprint density at radius 2 is 2.32 bits per heavy atom. The first-order chi connectivity index (χ1) is 10.6. The summed E-state index contributed by atoms with van der Waals surface area (Å²) in [5.41, 5.74) is 2.12. The maximum absolute atomic E-state index is 12.1. The standard InChI is InChI=1S/C14H17N5O3/c1-8-6-11(16-12(20)7-22-2)19(18-8)14-15-10-5-3-4-9(10)13(21)17-14/h6H,3-5,7H2,1-2H3,(H,16,20)(H,15,17,21). The molecule has 1 aliphatic carbocycles. The minimum absolute atomic E-state index is 0.0572. The molecule has 2 N–H and O–H groups in total. The van der Waals surface area contributed by atoms with Crippen molar-refractivity contribution in [2.45, 2.75) is 26.2 Å². The van der Waals surface area contributed by atoms with Gasteiger partial charge in [0.15, 0.2) is 0 Å². The van der Waals surface area contributed by atoms with Gasteiger partial charge in [0.05, 0.1) is 11.4 Å². The van der Waals surface area contributed by atoms with Gasteiger partial charge in [0.2, 0.25) is 5.95 Å². The highest BCUT2D eigenvalue weighted by Crippen LogP contribution is 2.19. The van der Waals surface area contributed by atoms with Crippen LogP contribution >= 0.6 is 0 Å². The summed E-state index contributed by atoms with van der Waals surface area (Å²) in [5, 5.41) is 6.98. The quantitative estimate of drug-likeness (QED) is 0.848. The third-order valence-electron chi connectivity index (χ3n) is 3.50. The number of nitrogens with zero attached hydrogens (tertiary/aromatic N) is 3. The van der Waals surface area contributed by atoms with Crippen molar-refractivity contribution >= 4 is 11.7 Å². The molecule has 3 rings (SSSR count). The predicted octanol–water partition coefficient (Wildman–Crippen LogP) is 0.338. The molecular weight excluding hydrogens is 286 g/mol. The Balaban J connectivity index is 2.00. The van der Waals surface area contributed by atoms with Gasteiger partial charge in [-0.25, -0.2) is 4.98 Å². The third-order valence-corrected chi connectivity index (χ3v) is 3.50. The number of hydrogen-bond acceptors (Lipinski definition) is 5. The summed E-state index contributed by atoms with van der Waals surface area (Å²) >= 11 is 0. The van der Waals surface area contributed by atoms with Gasteiger partial charge < -0.3 is 10.1 Å². The molecule has 2 heterocycles. The summed E-state index contributed by atoms with van der Waals surface area (Å²) < 4.78 is 6.23. The van der Waals surface area contributed by atoms with E-state index in [1.807, 2.05) is 0 Å². The van der Waals surface area contributed by atoms with Crippen LogP contribution in [0.15, 0.2) is 10.9 Å². The molecule has 8 nitrogen and oxygen atoms in total. The summed E-state index contributed by atoms with van der Waals surface area (Å²) in [6.45, 7) is 1.74. The number of nitrogens with one attached hydrogen (secondary N) is 2. The monoisotopic (exact) mass is 303 g/mol. The highest BCUT2D eigenvalue weighted by atomic mass is 16.5. The lowest BCUT2D eigenvalue weighted by molar-refractivity contribution is -0.119. The highest BCUT2D eigenvalue weighted by molar-refractivity contribution is 5.91. The fourth-order valence-corrected chi connectivity index (χ4v) is 2.59. The molecule has 2 aromatic rings. The van der Waals surface area contributed by atoms with Crippen molar-refractivity contribution in [3.63, 3.8) is 0 Å². The molecule has 0 fully saturated rings. The summed E-state index contributed by atoms with van der Waals surface area (Å²) in [4.78, 5) is 31.0. The molecule has 0 saturated carbocycles. The zero-order valence-electron chi connectivity index (χ0n) is 12.5. The predicted molar refractivity (Wildman–Crippen MR) is 79.2 cm³/mol. The van der Waals surface area contributed by atoms with Gasteiger partial charge in [-0.3, -0.25) is 14.6 Å². The van der Waals surface area contributed by atoms with Crippen molar-refractivity contribution in [1.29, 1.82) is 0 Å². The van der Waals surface area contributed by atoms with Crippen LogP contribution in [0.2, 0.25) is 0 Å². The summed E-state index contributed by atoms with van der Waals surface area (Å²) in [6.07, 6.45) is 2.48. The number of hydrogen-bond donors (Lipinski definition) is 2. The van der Waals surface area contributed by atoms with Crippen LogP contribution < -0.4 is 10.9 Å². The molecule has 0 saturated heterocycles. The number of aryl methyl sites for hydroxylation is 2. The summed E-state index contributed by atoms with van der Waals surface area (Å²) in [6, 6.07) is 1.71. The Labute approximate surface area is 126 Å². The van der Waals surface area contributed by atoms with E-state index in [0.717, 1.165) is 30.5 Å². The fraction of sp³-hybridized carbons (Fsp3) is 0.429. The van der Waals surface area contributed by atoms with E-state index in [0.29, 0.717) is 17.5 Å². The smallest absolute Gasteiger partial charge is 0.255 e. The zero-order valence-corrected chi connectivity index (χ0v) is 12.5. The van der Waals surface area contributed by atoms with Crippen LogP contribution in [0.25, 0.3) is 5.95 Å². The van der Waals surface area contributed by atoms with Gasteiger partial charge in [0.1, 0.15) is 12.4 Å². The van der Waals surface area contributed by atoms with Crippen molar-refractivity contribution in [2.75, 3.05) is 19.0 Å². The second-order valence-corrected chi connectivity index (χ2v) is 5.23. The maximum Gasteiger partial charge on any atom is 0.255 e. The van der Waals surface area contributed by atoms with Gasteiger partial charge in [0.25, 0.3) is 11.5 Å². The minimum Gasteiger partial charge on any atom is -0.375 e. The molecule has 0 bridgehead atoms. The first-order valence-electron chi connectivity index (χ1n) is 7.06. The lowest BCUT2D eigenvalue weighted by atomic mass is 10.3. The molecule has 2 aromatic heterocycles. The molecule has 0 atom stereocenters. The molecule has 0 aliphatic heterocycles. The van der Waals surface area contributed by atoms with E-state index in [1.54, 1.807) is 13.0 Å². The van der Waals surface area contributed by atoms with E-state index in [2.05, 4.69) is 20.4 Å². The Morgan fingerprint density at radius 1 is 1.50 bits per heavy atom. The van der Waals surface area contributed by atoms with E-state index in [9.17, 15) is 9.59 Å². The number of fused-ring (bicyclic) bond motifs is 1. The number of methoxy groups -OCH3 is 1.